The summed E-state index contributed by atoms with van der Waals surface area (Å²) < 4.78 is 0. The average Bonchev–Trinajstić information content (AvgIpc) is 3.50. The number of amidine groups is 2. The van der Waals surface area contributed by atoms with E-state index in [1.165, 1.54) is 0 Å². The van der Waals surface area contributed by atoms with Crippen molar-refractivity contribution >= 4 is 68.7 Å². The van der Waals surface area contributed by atoms with E-state index >= 15 is 0 Å². The summed E-state index contributed by atoms with van der Waals surface area (Å²) in [5, 5.41) is 21.6. The third kappa shape index (κ3) is 11.3. The summed E-state index contributed by atoms with van der Waals surface area (Å²) in [7, 11) is 0. The second-order valence-electron chi connectivity index (χ2n) is 6.15. The van der Waals surface area contributed by atoms with Crippen molar-refractivity contribution in [2.75, 3.05) is 24.6 Å². The molecule has 2 aromatic rings. The SMILES string of the molecule is C.ClCc1ccc(Cl)nc1.N#CN=C1SCCN1Cc1ccc(Cl)nc1.N#CNC1=NCCS1. The molecule has 13 heteroatoms. The Morgan fingerprint density at radius 1 is 1.03 bits per heavy atom. The van der Waals surface area contributed by atoms with Crippen molar-refractivity contribution in [1.82, 2.24) is 20.2 Å². The molecule has 0 amide bonds. The van der Waals surface area contributed by atoms with Crippen LogP contribution in [0.5, 0.6) is 0 Å². The van der Waals surface area contributed by atoms with Gasteiger partial charge in [-0.3, -0.25) is 10.3 Å². The van der Waals surface area contributed by atoms with E-state index in [0.717, 1.165) is 52.6 Å². The number of alkyl halides is 1. The molecule has 4 rings (SSSR count). The van der Waals surface area contributed by atoms with Crippen LogP contribution in [-0.4, -0.2) is 49.8 Å². The summed E-state index contributed by atoms with van der Waals surface area (Å²) >= 11 is 19.9. The molecule has 1 saturated heterocycles. The zero-order valence-electron chi connectivity index (χ0n) is 17.3. The van der Waals surface area contributed by atoms with Gasteiger partial charge >= 0.3 is 0 Å². The summed E-state index contributed by atoms with van der Waals surface area (Å²) in [5.74, 6) is 2.47. The second-order valence-corrected chi connectivity index (χ2v) is 9.34. The van der Waals surface area contributed by atoms with Gasteiger partial charge in [0.2, 0.25) is 6.19 Å². The van der Waals surface area contributed by atoms with E-state index < -0.39 is 0 Å². The molecule has 34 heavy (non-hydrogen) atoms. The fourth-order valence-corrected chi connectivity index (χ4v) is 4.39. The van der Waals surface area contributed by atoms with Crippen LogP contribution in [0.25, 0.3) is 0 Å². The Balaban J connectivity index is 0.000000274. The molecular formula is C21H23Cl3N8S2. The molecule has 2 aromatic heterocycles. The highest BCUT2D eigenvalue weighted by molar-refractivity contribution is 8.14. The van der Waals surface area contributed by atoms with Crippen LogP contribution < -0.4 is 5.32 Å². The zero-order chi connectivity index (χ0) is 23.9. The van der Waals surface area contributed by atoms with E-state index in [-0.39, 0.29) is 7.43 Å². The molecule has 4 heterocycles. The number of halogens is 3. The largest absolute Gasteiger partial charge is 0.345 e. The standard InChI is InChI=1S/C10H9ClN4S.C6H5Cl2N.C4H5N3S.CH4/c11-9-2-1-8(5-13-9)6-15-3-4-16-10(15)14-7-12;7-3-5-1-2-6(8)9-4-5;5-3-7-4-6-1-2-8-4;/h1-2,5H,3-4,6H2;1-2,4H,3H2;1-2H2,(H,6,7);1H4. The average molecular weight is 558 g/mol. The molecule has 2 aliphatic rings. The first-order valence-electron chi connectivity index (χ1n) is 9.49. The number of hydrogen-bond acceptors (Lipinski definition) is 9. The topological polar surface area (TPSA) is 113 Å². The quantitative estimate of drug-likeness (QED) is 0.231. The highest BCUT2D eigenvalue weighted by Gasteiger charge is 2.19. The minimum Gasteiger partial charge on any atom is -0.345 e. The number of nitriles is 2. The zero-order valence-corrected chi connectivity index (χ0v) is 21.2. The summed E-state index contributed by atoms with van der Waals surface area (Å²) in [6.07, 6.45) is 7.04. The van der Waals surface area contributed by atoms with E-state index in [2.05, 4.69) is 30.2 Å². The number of rotatable bonds is 3. The van der Waals surface area contributed by atoms with E-state index in [1.807, 2.05) is 24.5 Å². The molecule has 2 aliphatic heterocycles. The maximum Gasteiger partial charge on any atom is 0.208 e. The lowest BCUT2D eigenvalue weighted by atomic mass is 10.3. The predicted molar refractivity (Wildman–Crippen MR) is 144 cm³/mol. The van der Waals surface area contributed by atoms with Crippen LogP contribution in [-0.2, 0) is 12.4 Å². The van der Waals surface area contributed by atoms with Crippen LogP contribution in [0.3, 0.4) is 0 Å². The smallest absolute Gasteiger partial charge is 0.208 e. The van der Waals surface area contributed by atoms with Crippen LogP contribution in [0.15, 0.2) is 46.6 Å². The van der Waals surface area contributed by atoms with Crippen molar-refractivity contribution in [3.63, 3.8) is 0 Å². The Labute approximate surface area is 223 Å². The lowest BCUT2D eigenvalue weighted by Gasteiger charge is -2.16. The van der Waals surface area contributed by atoms with Gasteiger partial charge in [0, 0.05) is 42.9 Å². The number of aromatic nitrogens is 2. The van der Waals surface area contributed by atoms with Gasteiger partial charge in [0.1, 0.15) is 10.3 Å². The Hall–Kier alpha value is -2.21. The molecule has 0 bridgehead atoms. The third-order valence-electron chi connectivity index (χ3n) is 3.86. The van der Waals surface area contributed by atoms with Crippen molar-refractivity contribution in [3.8, 4) is 12.4 Å². The maximum absolute atomic E-state index is 8.54. The van der Waals surface area contributed by atoms with Gasteiger partial charge in [-0.25, -0.2) is 9.97 Å². The number of nitrogens with zero attached hydrogens (tertiary/aromatic N) is 7. The van der Waals surface area contributed by atoms with Crippen molar-refractivity contribution in [3.05, 3.63) is 58.1 Å². The van der Waals surface area contributed by atoms with E-state index in [4.69, 9.17) is 45.3 Å². The van der Waals surface area contributed by atoms with Crippen molar-refractivity contribution < 1.29 is 0 Å². The molecule has 1 fully saturated rings. The fraction of sp³-hybridized carbons (Fsp3) is 0.333. The normalized spacial score (nSPS) is 14.9. The molecule has 0 radical (unpaired) electrons. The Morgan fingerprint density at radius 3 is 2.21 bits per heavy atom. The molecule has 8 nitrogen and oxygen atoms in total. The van der Waals surface area contributed by atoms with Gasteiger partial charge in [-0.05, 0) is 23.3 Å². The first-order valence-corrected chi connectivity index (χ1v) is 12.8. The Bertz CT molecular complexity index is 1020. The molecular weight excluding hydrogens is 535 g/mol. The molecule has 0 saturated carbocycles. The fourth-order valence-electron chi connectivity index (χ4n) is 2.39. The van der Waals surface area contributed by atoms with Crippen molar-refractivity contribution in [2.45, 2.75) is 19.9 Å². The van der Waals surface area contributed by atoms with E-state index in [0.29, 0.717) is 16.2 Å². The van der Waals surface area contributed by atoms with Crippen molar-refractivity contribution in [2.24, 2.45) is 9.98 Å². The van der Waals surface area contributed by atoms with Crippen LogP contribution in [0.4, 0.5) is 0 Å². The maximum atomic E-state index is 8.54. The van der Waals surface area contributed by atoms with Gasteiger partial charge in [0.25, 0.3) is 0 Å². The van der Waals surface area contributed by atoms with Gasteiger partial charge in [0.15, 0.2) is 16.5 Å². The van der Waals surface area contributed by atoms with Crippen LogP contribution in [0.2, 0.25) is 10.3 Å². The second kappa shape index (κ2) is 17.3. The minimum absolute atomic E-state index is 0. The summed E-state index contributed by atoms with van der Waals surface area (Å²) in [4.78, 5) is 17.7. The number of hydrogen-bond donors (Lipinski definition) is 1. The minimum atomic E-state index is 0. The summed E-state index contributed by atoms with van der Waals surface area (Å²) in [6, 6.07) is 7.27. The monoisotopic (exact) mass is 556 g/mol. The lowest BCUT2D eigenvalue weighted by Crippen LogP contribution is -2.23. The third-order valence-corrected chi connectivity index (χ3v) is 6.50. The number of nitrogens with one attached hydrogen (secondary N) is 1. The number of aliphatic imine (C=N–C) groups is 2. The number of thioether (sulfide) groups is 2. The highest BCUT2D eigenvalue weighted by Crippen LogP contribution is 2.20. The van der Waals surface area contributed by atoms with Crippen molar-refractivity contribution in [1.29, 1.82) is 10.5 Å². The van der Waals surface area contributed by atoms with Gasteiger partial charge in [-0.15, -0.1) is 16.6 Å². The summed E-state index contributed by atoms with van der Waals surface area (Å²) in [6.45, 7) is 2.47. The lowest BCUT2D eigenvalue weighted by molar-refractivity contribution is 0.456. The first-order chi connectivity index (χ1) is 16.0. The molecule has 0 aliphatic carbocycles. The highest BCUT2D eigenvalue weighted by atomic mass is 35.5. The van der Waals surface area contributed by atoms with Crippen LogP contribution in [0.1, 0.15) is 18.6 Å². The van der Waals surface area contributed by atoms with E-state index in [1.54, 1.807) is 48.1 Å². The number of pyridine rings is 2. The molecule has 0 spiro atoms. The molecule has 180 valence electrons. The first kappa shape index (κ1) is 29.8. The molecule has 0 unspecified atom stereocenters. The summed E-state index contributed by atoms with van der Waals surface area (Å²) in [5.41, 5.74) is 2.05. The Kier molecular flexibility index (Phi) is 15.1. The van der Waals surface area contributed by atoms with Gasteiger partial charge in [0.05, 0.1) is 6.54 Å². The molecule has 0 aromatic carbocycles. The van der Waals surface area contributed by atoms with E-state index in [9.17, 15) is 0 Å². The van der Waals surface area contributed by atoms with Crippen LogP contribution in [0, 0.1) is 22.9 Å². The molecule has 0 atom stereocenters. The Morgan fingerprint density at radius 2 is 1.71 bits per heavy atom. The van der Waals surface area contributed by atoms with Gasteiger partial charge < -0.3 is 4.90 Å². The predicted octanol–water partition coefficient (Wildman–Crippen LogP) is 5.39. The molecule has 1 N–H and O–H groups in total. The van der Waals surface area contributed by atoms with Crippen LogP contribution >= 0.6 is 58.3 Å². The van der Waals surface area contributed by atoms with Gasteiger partial charge in [-0.1, -0.05) is 66.3 Å². The van der Waals surface area contributed by atoms with Gasteiger partial charge in [-0.2, -0.15) is 10.5 Å².